The monoisotopic (exact) mass is 458 g/mol. The quantitative estimate of drug-likeness (QED) is 0.398. The Balaban J connectivity index is 1.56. The Hall–Kier alpha value is -2.22. The van der Waals surface area contributed by atoms with Gasteiger partial charge in [0, 0.05) is 19.5 Å². The van der Waals surface area contributed by atoms with E-state index in [2.05, 4.69) is 33.9 Å². The summed E-state index contributed by atoms with van der Waals surface area (Å²) in [5, 5.41) is 1.10. The van der Waals surface area contributed by atoms with Gasteiger partial charge in [0.05, 0.1) is 12.0 Å². The lowest BCUT2D eigenvalue weighted by Gasteiger charge is -2.36. The molecule has 0 aliphatic carbocycles. The molecule has 1 saturated heterocycles. The first-order valence-electron chi connectivity index (χ1n) is 10.5. The first-order valence-corrected chi connectivity index (χ1v) is 11.7. The molecule has 164 valence electrons. The van der Waals surface area contributed by atoms with Crippen LogP contribution in [0.15, 0.2) is 30.3 Å². The Morgan fingerprint density at radius 2 is 1.97 bits per heavy atom. The minimum atomic E-state index is -0.319. The van der Waals surface area contributed by atoms with Gasteiger partial charge in [-0.15, -0.1) is 11.3 Å². The SMILES string of the molecule is Cc1c(C(=O)OCCc2ccccc2)sc2nc(Cl)nc(N(C)C3CCN(C)CC3)c12. The maximum absolute atomic E-state index is 12.8. The van der Waals surface area contributed by atoms with Gasteiger partial charge in [-0.25, -0.2) is 9.78 Å². The number of halogens is 1. The number of carbonyl (C=O) groups is 1. The van der Waals surface area contributed by atoms with E-state index >= 15 is 0 Å². The standard InChI is InChI=1S/C23H27ClN4O2S/c1-15-18-20(28(3)17-9-12-27(2)13-10-17)25-23(24)26-21(18)31-19(15)22(29)30-14-11-16-7-5-4-6-8-16/h4-8,17H,9-14H2,1-3H3. The number of fused-ring (bicyclic) bond motifs is 1. The topological polar surface area (TPSA) is 58.6 Å². The smallest absolute Gasteiger partial charge is 0.348 e. The number of carbonyl (C=O) groups excluding carboxylic acids is 1. The van der Waals surface area contributed by atoms with Crippen molar-refractivity contribution in [1.82, 2.24) is 14.9 Å². The Morgan fingerprint density at radius 1 is 1.26 bits per heavy atom. The summed E-state index contributed by atoms with van der Waals surface area (Å²) in [7, 11) is 4.21. The number of anilines is 1. The van der Waals surface area contributed by atoms with Crippen LogP contribution < -0.4 is 4.90 Å². The van der Waals surface area contributed by atoms with Crippen molar-refractivity contribution < 1.29 is 9.53 Å². The van der Waals surface area contributed by atoms with E-state index in [1.54, 1.807) is 0 Å². The third kappa shape index (κ3) is 4.84. The molecule has 0 saturated carbocycles. The van der Waals surface area contributed by atoms with Gasteiger partial charge in [0.2, 0.25) is 5.28 Å². The number of ether oxygens (including phenoxy) is 1. The molecule has 0 N–H and O–H groups in total. The summed E-state index contributed by atoms with van der Waals surface area (Å²) in [6.45, 7) is 4.39. The minimum Gasteiger partial charge on any atom is -0.461 e. The Bertz CT molecular complexity index is 1060. The van der Waals surface area contributed by atoms with E-state index in [-0.39, 0.29) is 11.3 Å². The number of hydrogen-bond acceptors (Lipinski definition) is 7. The summed E-state index contributed by atoms with van der Waals surface area (Å²) >= 11 is 7.58. The van der Waals surface area contributed by atoms with Crippen molar-refractivity contribution in [2.45, 2.75) is 32.2 Å². The van der Waals surface area contributed by atoms with Crippen LogP contribution >= 0.6 is 22.9 Å². The van der Waals surface area contributed by atoms with Gasteiger partial charge in [-0.2, -0.15) is 4.98 Å². The molecular formula is C23H27ClN4O2S. The van der Waals surface area contributed by atoms with Crippen LogP contribution in [-0.2, 0) is 11.2 Å². The molecule has 1 aliphatic rings. The predicted octanol–water partition coefficient (Wildman–Crippen LogP) is 4.58. The van der Waals surface area contributed by atoms with Crippen LogP contribution in [0.25, 0.3) is 10.2 Å². The van der Waals surface area contributed by atoms with Crippen LogP contribution in [-0.4, -0.2) is 60.7 Å². The molecule has 31 heavy (non-hydrogen) atoms. The van der Waals surface area contributed by atoms with Gasteiger partial charge in [0.15, 0.2) is 0 Å². The van der Waals surface area contributed by atoms with Crippen LogP contribution in [0.5, 0.6) is 0 Å². The highest BCUT2D eigenvalue weighted by molar-refractivity contribution is 7.20. The summed E-state index contributed by atoms with van der Waals surface area (Å²) in [4.78, 5) is 27.6. The van der Waals surface area contributed by atoms with Crippen LogP contribution in [0.3, 0.4) is 0 Å². The van der Waals surface area contributed by atoms with Gasteiger partial charge in [-0.1, -0.05) is 30.3 Å². The molecule has 0 atom stereocenters. The molecule has 0 unspecified atom stereocenters. The fraction of sp³-hybridized carbons (Fsp3) is 0.435. The van der Waals surface area contributed by atoms with E-state index in [0.29, 0.717) is 23.9 Å². The van der Waals surface area contributed by atoms with Gasteiger partial charge >= 0.3 is 5.97 Å². The molecule has 0 amide bonds. The van der Waals surface area contributed by atoms with Crippen LogP contribution in [0, 0.1) is 6.92 Å². The van der Waals surface area contributed by atoms with Crippen LogP contribution in [0.4, 0.5) is 5.82 Å². The fourth-order valence-corrected chi connectivity index (χ4v) is 5.35. The van der Waals surface area contributed by atoms with Crippen molar-refractivity contribution in [2.75, 3.05) is 38.7 Å². The molecule has 0 spiro atoms. The number of rotatable bonds is 6. The number of benzene rings is 1. The highest BCUT2D eigenvalue weighted by Gasteiger charge is 2.27. The number of likely N-dealkylation sites (tertiary alicyclic amines) is 1. The molecular weight excluding hydrogens is 432 g/mol. The Kier molecular flexibility index (Phi) is 6.74. The van der Waals surface area contributed by atoms with E-state index < -0.39 is 0 Å². The van der Waals surface area contributed by atoms with Crippen LogP contribution in [0.1, 0.15) is 33.6 Å². The van der Waals surface area contributed by atoms with Crippen molar-refractivity contribution in [2.24, 2.45) is 0 Å². The molecule has 1 aromatic carbocycles. The highest BCUT2D eigenvalue weighted by atomic mass is 35.5. The fourth-order valence-electron chi connectivity index (χ4n) is 4.07. The average molecular weight is 459 g/mol. The van der Waals surface area contributed by atoms with Gasteiger partial charge in [-0.3, -0.25) is 0 Å². The second-order valence-electron chi connectivity index (χ2n) is 8.07. The van der Waals surface area contributed by atoms with E-state index in [1.807, 2.05) is 37.3 Å². The molecule has 2 aromatic heterocycles. The lowest BCUT2D eigenvalue weighted by atomic mass is 10.0. The number of hydrogen-bond donors (Lipinski definition) is 0. The molecule has 0 bridgehead atoms. The van der Waals surface area contributed by atoms with Gasteiger partial charge in [0.1, 0.15) is 15.5 Å². The largest absolute Gasteiger partial charge is 0.461 e. The number of nitrogens with zero attached hydrogens (tertiary/aromatic N) is 4. The van der Waals surface area contributed by atoms with Crippen molar-refractivity contribution in [3.05, 3.63) is 51.6 Å². The average Bonchev–Trinajstić information content (AvgIpc) is 3.10. The number of thiophene rings is 1. The molecule has 3 aromatic rings. The van der Waals surface area contributed by atoms with Gasteiger partial charge in [-0.05, 0) is 62.6 Å². The Labute approximate surface area is 191 Å². The zero-order valence-electron chi connectivity index (χ0n) is 18.1. The second kappa shape index (κ2) is 9.51. The van der Waals surface area contributed by atoms with Gasteiger partial charge in [0.25, 0.3) is 0 Å². The minimum absolute atomic E-state index is 0.201. The zero-order chi connectivity index (χ0) is 22.0. The maximum Gasteiger partial charge on any atom is 0.348 e. The third-order valence-corrected chi connectivity index (χ3v) is 7.30. The summed E-state index contributed by atoms with van der Waals surface area (Å²) in [6.07, 6.45) is 2.81. The van der Waals surface area contributed by atoms with E-state index in [0.717, 1.165) is 53.1 Å². The summed E-state index contributed by atoms with van der Waals surface area (Å²) < 4.78 is 5.57. The first kappa shape index (κ1) is 22.0. The number of esters is 1. The van der Waals surface area contributed by atoms with Crippen molar-refractivity contribution in [3.8, 4) is 0 Å². The van der Waals surface area contributed by atoms with Crippen molar-refractivity contribution >= 4 is 44.9 Å². The summed E-state index contributed by atoms with van der Waals surface area (Å²) in [6, 6.07) is 10.4. The molecule has 0 radical (unpaired) electrons. The van der Waals surface area contributed by atoms with Crippen LogP contribution in [0.2, 0.25) is 5.28 Å². The number of aromatic nitrogens is 2. The normalized spacial score (nSPS) is 15.4. The van der Waals surface area contributed by atoms with Crippen molar-refractivity contribution in [3.63, 3.8) is 0 Å². The molecule has 3 heterocycles. The first-order chi connectivity index (χ1) is 14.9. The number of piperidine rings is 1. The number of aryl methyl sites for hydroxylation is 1. The molecule has 8 heteroatoms. The molecule has 1 fully saturated rings. The predicted molar refractivity (Wildman–Crippen MR) is 127 cm³/mol. The van der Waals surface area contributed by atoms with E-state index in [9.17, 15) is 4.79 Å². The molecule has 4 rings (SSSR count). The maximum atomic E-state index is 12.8. The van der Waals surface area contributed by atoms with E-state index in [4.69, 9.17) is 16.3 Å². The highest BCUT2D eigenvalue weighted by Crippen LogP contribution is 2.37. The van der Waals surface area contributed by atoms with Gasteiger partial charge < -0.3 is 14.5 Å². The third-order valence-electron chi connectivity index (χ3n) is 5.97. The molecule has 6 nitrogen and oxygen atoms in total. The van der Waals surface area contributed by atoms with Crippen molar-refractivity contribution in [1.29, 1.82) is 0 Å². The summed E-state index contributed by atoms with van der Waals surface area (Å²) in [5.41, 5.74) is 2.00. The Morgan fingerprint density at radius 3 is 2.68 bits per heavy atom. The molecule has 1 aliphatic heterocycles. The van der Waals surface area contributed by atoms with E-state index in [1.165, 1.54) is 11.3 Å². The summed E-state index contributed by atoms with van der Waals surface area (Å²) in [5.74, 6) is 0.474. The lowest BCUT2D eigenvalue weighted by Crippen LogP contribution is -2.42. The zero-order valence-corrected chi connectivity index (χ0v) is 19.7. The second-order valence-corrected chi connectivity index (χ2v) is 9.41. The lowest BCUT2D eigenvalue weighted by molar-refractivity contribution is 0.0514.